The maximum absolute atomic E-state index is 5.46. The van der Waals surface area contributed by atoms with Crippen LogP contribution in [0.3, 0.4) is 0 Å². The van der Waals surface area contributed by atoms with Gasteiger partial charge in [-0.1, -0.05) is 33.1 Å². The number of oxazole rings is 1. The van der Waals surface area contributed by atoms with Gasteiger partial charge in [0.15, 0.2) is 5.89 Å². The maximum atomic E-state index is 5.46. The molecule has 1 aromatic rings. The molecule has 2 aliphatic rings. The standard InChI is InChI=1S/C16H26N2O/c1-3-5-6-7-13-10-16(11-14(16)18(13)4-2)12-15-17-8-9-19-15/h8-9,13-14H,3-7,10-12H2,1-2H3/t13-,14-,16+/m1/s1. The highest BCUT2D eigenvalue weighted by atomic mass is 16.3. The Labute approximate surface area is 116 Å². The molecule has 0 aromatic carbocycles. The first-order chi connectivity index (χ1) is 9.29. The third kappa shape index (κ3) is 2.45. The molecular weight excluding hydrogens is 236 g/mol. The molecule has 2 fully saturated rings. The van der Waals surface area contributed by atoms with Crippen molar-refractivity contribution in [1.82, 2.24) is 9.88 Å². The molecule has 0 spiro atoms. The van der Waals surface area contributed by atoms with Gasteiger partial charge in [0, 0.05) is 18.5 Å². The summed E-state index contributed by atoms with van der Waals surface area (Å²) in [6.07, 6.45) is 12.7. The second-order valence-corrected chi connectivity index (χ2v) is 6.37. The number of likely N-dealkylation sites (tertiary alicyclic amines) is 1. The number of piperidine rings is 1. The Hall–Kier alpha value is -0.830. The van der Waals surface area contributed by atoms with Crippen LogP contribution >= 0.6 is 0 Å². The number of nitrogens with zero attached hydrogens (tertiary/aromatic N) is 2. The van der Waals surface area contributed by atoms with Crippen molar-refractivity contribution in [3.63, 3.8) is 0 Å². The molecule has 1 aliphatic carbocycles. The molecule has 3 nitrogen and oxygen atoms in total. The number of fused-ring (bicyclic) bond motifs is 1. The molecule has 1 saturated carbocycles. The Kier molecular flexibility index (Phi) is 3.66. The third-order valence-corrected chi connectivity index (χ3v) is 5.15. The molecule has 19 heavy (non-hydrogen) atoms. The molecule has 0 bridgehead atoms. The van der Waals surface area contributed by atoms with E-state index in [2.05, 4.69) is 23.7 Å². The fourth-order valence-corrected chi connectivity index (χ4v) is 4.14. The quantitative estimate of drug-likeness (QED) is 0.702. The second kappa shape index (κ2) is 5.28. The van der Waals surface area contributed by atoms with Crippen LogP contribution in [0.5, 0.6) is 0 Å². The van der Waals surface area contributed by atoms with E-state index in [0.717, 1.165) is 24.4 Å². The van der Waals surface area contributed by atoms with E-state index in [9.17, 15) is 0 Å². The highest BCUT2D eigenvalue weighted by Crippen LogP contribution is 2.61. The number of aromatic nitrogens is 1. The number of unbranched alkanes of at least 4 members (excludes halogenated alkanes) is 2. The molecule has 0 N–H and O–H groups in total. The Morgan fingerprint density at radius 1 is 1.37 bits per heavy atom. The monoisotopic (exact) mass is 262 g/mol. The topological polar surface area (TPSA) is 29.3 Å². The van der Waals surface area contributed by atoms with Crippen molar-refractivity contribution in [1.29, 1.82) is 0 Å². The van der Waals surface area contributed by atoms with Crippen LogP contribution in [-0.4, -0.2) is 28.5 Å². The van der Waals surface area contributed by atoms with Gasteiger partial charge < -0.3 is 4.42 Å². The zero-order chi connectivity index (χ0) is 13.3. The van der Waals surface area contributed by atoms with Crippen molar-refractivity contribution in [3.05, 3.63) is 18.4 Å². The Balaban J connectivity index is 1.61. The Bertz CT molecular complexity index is 403. The number of hydrogen-bond donors (Lipinski definition) is 0. The number of hydrogen-bond acceptors (Lipinski definition) is 3. The molecule has 3 atom stereocenters. The summed E-state index contributed by atoms with van der Waals surface area (Å²) in [5, 5.41) is 0. The van der Waals surface area contributed by atoms with Crippen molar-refractivity contribution in [2.24, 2.45) is 5.41 Å². The molecule has 1 aliphatic heterocycles. The summed E-state index contributed by atoms with van der Waals surface area (Å²) in [6, 6.07) is 1.61. The Morgan fingerprint density at radius 3 is 2.95 bits per heavy atom. The van der Waals surface area contributed by atoms with Crippen LogP contribution < -0.4 is 0 Å². The minimum Gasteiger partial charge on any atom is -0.449 e. The van der Waals surface area contributed by atoms with Crippen LogP contribution in [0.15, 0.2) is 16.9 Å². The van der Waals surface area contributed by atoms with Gasteiger partial charge in [-0.3, -0.25) is 4.90 Å². The van der Waals surface area contributed by atoms with Crippen LogP contribution in [0, 0.1) is 5.41 Å². The molecule has 2 heterocycles. The van der Waals surface area contributed by atoms with E-state index < -0.39 is 0 Å². The molecule has 106 valence electrons. The fraction of sp³-hybridized carbons (Fsp3) is 0.812. The molecule has 0 amide bonds. The van der Waals surface area contributed by atoms with E-state index in [0.29, 0.717) is 5.41 Å². The van der Waals surface area contributed by atoms with Gasteiger partial charge in [0.25, 0.3) is 0 Å². The first kappa shape index (κ1) is 13.2. The normalized spacial score (nSPS) is 33.6. The minimum absolute atomic E-state index is 0.498. The van der Waals surface area contributed by atoms with E-state index >= 15 is 0 Å². The van der Waals surface area contributed by atoms with Gasteiger partial charge in [-0.2, -0.15) is 0 Å². The largest absolute Gasteiger partial charge is 0.449 e. The SMILES string of the molecule is CCCCC[C@@H]1C[C@@]2(Cc3ncco3)C[C@H]2N1CC. The van der Waals surface area contributed by atoms with E-state index in [-0.39, 0.29) is 0 Å². The average Bonchev–Trinajstić information content (AvgIpc) is 2.77. The summed E-state index contributed by atoms with van der Waals surface area (Å²) in [5.74, 6) is 0.938. The predicted molar refractivity (Wildman–Crippen MR) is 76.0 cm³/mol. The first-order valence-corrected chi connectivity index (χ1v) is 7.93. The van der Waals surface area contributed by atoms with Gasteiger partial charge in [0.2, 0.25) is 0 Å². The van der Waals surface area contributed by atoms with Crippen LogP contribution in [0.1, 0.15) is 58.3 Å². The lowest BCUT2D eigenvalue weighted by Gasteiger charge is -2.26. The van der Waals surface area contributed by atoms with Gasteiger partial charge in [0.05, 0.1) is 6.20 Å². The lowest BCUT2D eigenvalue weighted by atomic mass is 9.93. The molecule has 3 heteroatoms. The number of rotatable bonds is 7. The van der Waals surface area contributed by atoms with Crippen LogP contribution in [0.2, 0.25) is 0 Å². The summed E-state index contributed by atoms with van der Waals surface area (Å²) in [6.45, 7) is 5.80. The molecule has 1 aromatic heterocycles. The van der Waals surface area contributed by atoms with Crippen LogP contribution in [0.25, 0.3) is 0 Å². The van der Waals surface area contributed by atoms with Crippen LogP contribution in [-0.2, 0) is 6.42 Å². The lowest BCUT2D eigenvalue weighted by molar-refractivity contribution is 0.214. The first-order valence-electron chi connectivity index (χ1n) is 7.93. The van der Waals surface area contributed by atoms with Crippen molar-refractivity contribution < 1.29 is 4.42 Å². The summed E-state index contributed by atoms with van der Waals surface area (Å²) in [5.41, 5.74) is 0.498. The minimum atomic E-state index is 0.498. The maximum Gasteiger partial charge on any atom is 0.194 e. The van der Waals surface area contributed by atoms with E-state index in [1.54, 1.807) is 12.5 Å². The summed E-state index contributed by atoms with van der Waals surface area (Å²) in [7, 11) is 0. The van der Waals surface area contributed by atoms with Gasteiger partial charge in [0.1, 0.15) is 6.26 Å². The van der Waals surface area contributed by atoms with Gasteiger partial charge in [-0.05, 0) is 31.2 Å². The smallest absolute Gasteiger partial charge is 0.194 e. The highest BCUT2D eigenvalue weighted by Gasteiger charge is 2.63. The third-order valence-electron chi connectivity index (χ3n) is 5.15. The van der Waals surface area contributed by atoms with E-state index in [1.165, 1.54) is 45.1 Å². The zero-order valence-corrected chi connectivity index (χ0v) is 12.3. The van der Waals surface area contributed by atoms with E-state index in [1.807, 2.05) is 0 Å². The van der Waals surface area contributed by atoms with Crippen molar-refractivity contribution >= 4 is 0 Å². The van der Waals surface area contributed by atoms with Gasteiger partial charge in [-0.25, -0.2) is 4.98 Å². The van der Waals surface area contributed by atoms with Crippen molar-refractivity contribution in [3.8, 4) is 0 Å². The summed E-state index contributed by atoms with van der Waals surface area (Å²) < 4.78 is 5.46. The zero-order valence-electron chi connectivity index (χ0n) is 12.3. The average molecular weight is 262 g/mol. The molecular formula is C16H26N2O. The summed E-state index contributed by atoms with van der Waals surface area (Å²) >= 11 is 0. The van der Waals surface area contributed by atoms with Crippen molar-refractivity contribution in [2.75, 3.05) is 6.54 Å². The molecule has 3 rings (SSSR count). The van der Waals surface area contributed by atoms with Gasteiger partial charge in [-0.15, -0.1) is 0 Å². The molecule has 1 saturated heterocycles. The molecule has 0 radical (unpaired) electrons. The van der Waals surface area contributed by atoms with Crippen LogP contribution in [0.4, 0.5) is 0 Å². The second-order valence-electron chi connectivity index (χ2n) is 6.37. The fourth-order valence-electron chi connectivity index (χ4n) is 4.14. The van der Waals surface area contributed by atoms with Crippen molar-refractivity contribution in [2.45, 2.75) is 70.9 Å². The Morgan fingerprint density at radius 2 is 2.26 bits per heavy atom. The summed E-state index contributed by atoms with van der Waals surface area (Å²) in [4.78, 5) is 7.07. The highest BCUT2D eigenvalue weighted by molar-refractivity contribution is 5.18. The molecule has 0 unspecified atom stereocenters. The van der Waals surface area contributed by atoms with E-state index in [4.69, 9.17) is 4.42 Å². The van der Waals surface area contributed by atoms with Gasteiger partial charge >= 0.3 is 0 Å². The predicted octanol–water partition coefficient (Wildman–Crippen LogP) is 3.65. The lowest BCUT2D eigenvalue weighted by Crippen LogP contribution is -2.32.